The van der Waals surface area contributed by atoms with E-state index in [1.807, 2.05) is 11.7 Å². The van der Waals surface area contributed by atoms with Crippen molar-refractivity contribution in [3.8, 4) is 0 Å². The third-order valence-electron chi connectivity index (χ3n) is 2.86. The van der Waals surface area contributed by atoms with Crippen molar-refractivity contribution in [1.82, 2.24) is 10.3 Å². The van der Waals surface area contributed by atoms with Gasteiger partial charge in [-0.1, -0.05) is 19.8 Å². The number of nitrogens with zero attached hydrogens (tertiary/aromatic N) is 1. The zero-order chi connectivity index (χ0) is 9.80. The molecule has 0 aliphatic heterocycles. The number of hydrogen-bond acceptors (Lipinski definition) is 3. The van der Waals surface area contributed by atoms with E-state index in [9.17, 15) is 0 Å². The van der Waals surface area contributed by atoms with Crippen LogP contribution in [0, 0.1) is 5.92 Å². The van der Waals surface area contributed by atoms with Crippen LogP contribution in [-0.2, 0) is 6.54 Å². The topological polar surface area (TPSA) is 24.9 Å². The minimum atomic E-state index is 0.713. The Hall–Kier alpha value is -0.410. The standard InChI is InChI=1S/C11H18N2S/c1-2-10(5-9-3-4-9)13-7-11-6-12-8-14-11/h6,8-10,13H,2-5,7H2,1H3. The van der Waals surface area contributed by atoms with Crippen molar-refractivity contribution in [2.75, 3.05) is 0 Å². The Morgan fingerprint density at radius 3 is 3.07 bits per heavy atom. The minimum Gasteiger partial charge on any atom is -0.309 e. The predicted molar refractivity (Wildman–Crippen MR) is 60.4 cm³/mol. The average Bonchev–Trinajstić information content (AvgIpc) is 2.86. The molecular formula is C11H18N2S. The van der Waals surface area contributed by atoms with Gasteiger partial charge in [-0.05, 0) is 18.8 Å². The van der Waals surface area contributed by atoms with Crippen molar-refractivity contribution < 1.29 is 0 Å². The van der Waals surface area contributed by atoms with E-state index in [1.54, 1.807) is 11.3 Å². The first-order chi connectivity index (χ1) is 6.88. The highest BCUT2D eigenvalue weighted by atomic mass is 32.1. The molecular weight excluding hydrogens is 192 g/mol. The molecule has 1 heterocycles. The Bertz CT molecular complexity index is 254. The third-order valence-corrected chi connectivity index (χ3v) is 3.64. The summed E-state index contributed by atoms with van der Waals surface area (Å²) in [6, 6.07) is 0.713. The fourth-order valence-electron chi connectivity index (χ4n) is 1.72. The summed E-state index contributed by atoms with van der Waals surface area (Å²) in [7, 11) is 0. The van der Waals surface area contributed by atoms with Gasteiger partial charge in [0.15, 0.2) is 0 Å². The average molecular weight is 210 g/mol. The maximum Gasteiger partial charge on any atom is 0.0794 e. The van der Waals surface area contributed by atoms with E-state index in [0.717, 1.165) is 12.5 Å². The van der Waals surface area contributed by atoms with Crippen LogP contribution in [-0.4, -0.2) is 11.0 Å². The summed E-state index contributed by atoms with van der Waals surface area (Å²) >= 11 is 1.74. The molecule has 1 N–H and O–H groups in total. The molecule has 2 nitrogen and oxygen atoms in total. The van der Waals surface area contributed by atoms with Gasteiger partial charge in [0, 0.05) is 23.7 Å². The van der Waals surface area contributed by atoms with Crippen LogP contribution < -0.4 is 5.32 Å². The molecule has 1 saturated carbocycles. The molecule has 1 atom stereocenters. The Kier molecular flexibility index (Phi) is 3.54. The highest BCUT2D eigenvalue weighted by molar-refractivity contribution is 7.09. The van der Waals surface area contributed by atoms with E-state index in [-0.39, 0.29) is 0 Å². The lowest BCUT2D eigenvalue weighted by molar-refractivity contribution is 0.446. The fraction of sp³-hybridized carbons (Fsp3) is 0.727. The van der Waals surface area contributed by atoms with Gasteiger partial charge in [0.2, 0.25) is 0 Å². The summed E-state index contributed by atoms with van der Waals surface area (Å²) in [4.78, 5) is 5.42. The smallest absolute Gasteiger partial charge is 0.0794 e. The van der Waals surface area contributed by atoms with Crippen molar-refractivity contribution in [1.29, 1.82) is 0 Å². The zero-order valence-electron chi connectivity index (χ0n) is 8.70. The molecule has 1 fully saturated rings. The molecule has 1 aromatic rings. The maximum absolute atomic E-state index is 4.08. The molecule has 14 heavy (non-hydrogen) atoms. The molecule has 1 unspecified atom stereocenters. The Morgan fingerprint density at radius 2 is 2.50 bits per heavy atom. The van der Waals surface area contributed by atoms with Crippen LogP contribution in [0.2, 0.25) is 0 Å². The molecule has 1 aliphatic rings. The van der Waals surface area contributed by atoms with Gasteiger partial charge in [0.1, 0.15) is 0 Å². The normalized spacial score (nSPS) is 18.4. The van der Waals surface area contributed by atoms with Crippen molar-refractivity contribution >= 4 is 11.3 Å². The van der Waals surface area contributed by atoms with Crippen molar-refractivity contribution in [2.24, 2.45) is 5.92 Å². The van der Waals surface area contributed by atoms with E-state index in [1.165, 1.54) is 30.6 Å². The van der Waals surface area contributed by atoms with Gasteiger partial charge in [-0.3, -0.25) is 4.98 Å². The summed E-state index contributed by atoms with van der Waals surface area (Å²) in [5.74, 6) is 1.02. The van der Waals surface area contributed by atoms with E-state index >= 15 is 0 Å². The van der Waals surface area contributed by atoms with Crippen LogP contribution in [0.5, 0.6) is 0 Å². The monoisotopic (exact) mass is 210 g/mol. The Morgan fingerprint density at radius 1 is 1.64 bits per heavy atom. The van der Waals surface area contributed by atoms with Gasteiger partial charge in [-0.15, -0.1) is 11.3 Å². The number of aromatic nitrogens is 1. The minimum absolute atomic E-state index is 0.713. The van der Waals surface area contributed by atoms with E-state index in [4.69, 9.17) is 0 Å². The summed E-state index contributed by atoms with van der Waals surface area (Å²) in [5, 5.41) is 3.61. The SMILES string of the molecule is CCC(CC1CC1)NCc1cncs1. The molecule has 3 heteroatoms. The van der Waals surface area contributed by atoms with Crippen LogP contribution >= 0.6 is 11.3 Å². The number of hydrogen-bond donors (Lipinski definition) is 1. The maximum atomic E-state index is 4.08. The van der Waals surface area contributed by atoms with Crippen LogP contribution in [0.15, 0.2) is 11.7 Å². The van der Waals surface area contributed by atoms with Gasteiger partial charge < -0.3 is 5.32 Å². The van der Waals surface area contributed by atoms with Crippen LogP contribution in [0.4, 0.5) is 0 Å². The molecule has 1 aliphatic carbocycles. The van der Waals surface area contributed by atoms with Crippen LogP contribution in [0.25, 0.3) is 0 Å². The number of rotatable bonds is 6. The molecule has 0 spiro atoms. The van der Waals surface area contributed by atoms with Gasteiger partial charge >= 0.3 is 0 Å². The zero-order valence-corrected chi connectivity index (χ0v) is 9.52. The highest BCUT2D eigenvalue weighted by Crippen LogP contribution is 2.34. The largest absolute Gasteiger partial charge is 0.309 e. The first-order valence-corrected chi connectivity index (χ1v) is 6.37. The molecule has 0 bridgehead atoms. The molecule has 0 amide bonds. The first-order valence-electron chi connectivity index (χ1n) is 5.49. The van der Waals surface area contributed by atoms with Crippen LogP contribution in [0.1, 0.15) is 37.5 Å². The van der Waals surface area contributed by atoms with Crippen molar-refractivity contribution in [3.05, 3.63) is 16.6 Å². The second-order valence-electron chi connectivity index (χ2n) is 4.13. The molecule has 78 valence electrons. The lowest BCUT2D eigenvalue weighted by Crippen LogP contribution is -2.28. The van der Waals surface area contributed by atoms with E-state index in [0.29, 0.717) is 6.04 Å². The van der Waals surface area contributed by atoms with Crippen molar-refractivity contribution in [2.45, 2.75) is 45.2 Å². The van der Waals surface area contributed by atoms with Crippen LogP contribution in [0.3, 0.4) is 0 Å². The first kappa shape index (κ1) is 10.1. The molecule has 0 saturated heterocycles. The predicted octanol–water partition coefficient (Wildman–Crippen LogP) is 2.81. The molecule has 0 aromatic carbocycles. The van der Waals surface area contributed by atoms with Gasteiger partial charge in [-0.2, -0.15) is 0 Å². The number of nitrogens with one attached hydrogen (secondary N) is 1. The number of thiazole rings is 1. The van der Waals surface area contributed by atoms with Gasteiger partial charge in [0.05, 0.1) is 5.51 Å². The Balaban J connectivity index is 1.71. The summed E-state index contributed by atoms with van der Waals surface area (Å²) < 4.78 is 0. The Labute approximate surface area is 89.8 Å². The van der Waals surface area contributed by atoms with E-state index < -0.39 is 0 Å². The quantitative estimate of drug-likeness (QED) is 0.781. The molecule has 2 rings (SSSR count). The summed E-state index contributed by atoms with van der Waals surface area (Å²) in [5.41, 5.74) is 1.90. The van der Waals surface area contributed by atoms with Gasteiger partial charge in [0.25, 0.3) is 0 Å². The fourth-order valence-corrected chi connectivity index (χ4v) is 2.27. The summed E-state index contributed by atoms with van der Waals surface area (Å²) in [6.07, 6.45) is 7.49. The lowest BCUT2D eigenvalue weighted by atomic mass is 10.1. The van der Waals surface area contributed by atoms with Gasteiger partial charge in [-0.25, -0.2) is 0 Å². The summed E-state index contributed by atoms with van der Waals surface area (Å²) in [6.45, 7) is 3.27. The third kappa shape index (κ3) is 3.07. The molecule has 1 aromatic heterocycles. The van der Waals surface area contributed by atoms with Crippen molar-refractivity contribution in [3.63, 3.8) is 0 Å². The molecule has 0 radical (unpaired) electrons. The second-order valence-corrected chi connectivity index (χ2v) is 5.10. The second kappa shape index (κ2) is 4.89. The highest BCUT2D eigenvalue weighted by Gasteiger charge is 2.24. The van der Waals surface area contributed by atoms with E-state index in [2.05, 4.69) is 17.2 Å². The lowest BCUT2D eigenvalue weighted by Gasteiger charge is -2.15.